The van der Waals surface area contributed by atoms with Crippen molar-refractivity contribution in [2.24, 2.45) is 0 Å². The molecular formula is C18H21ClFN. The first-order valence-corrected chi connectivity index (χ1v) is 7.64. The van der Waals surface area contributed by atoms with Gasteiger partial charge in [-0.15, -0.1) is 0 Å². The number of hydrogen-bond acceptors (Lipinski definition) is 1. The van der Waals surface area contributed by atoms with E-state index in [-0.39, 0.29) is 16.9 Å². The predicted octanol–water partition coefficient (Wildman–Crippen LogP) is 4.99. The van der Waals surface area contributed by atoms with Gasteiger partial charge < -0.3 is 5.32 Å². The normalized spacial score (nSPS) is 12.4. The summed E-state index contributed by atoms with van der Waals surface area (Å²) in [7, 11) is 0. The molecule has 0 aromatic heterocycles. The van der Waals surface area contributed by atoms with Crippen molar-refractivity contribution in [2.75, 3.05) is 6.54 Å². The predicted molar refractivity (Wildman–Crippen MR) is 87.4 cm³/mol. The average Bonchev–Trinajstić information content (AvgIpc) is 2.45. The Hall–Kier alpha value is -1.38. The molecule has 3 heteroatoms. The summed E-state index contributed by atoms with van der Waals surface area (Å²) >= 11 is 5.75. The second-order valence-electron chi connectivity index (χ2n) is 5.35. The molecule has 112 valence electrons. The molecule has 1 atom stereocenters. The molecule has 0 fully saturated rings. The Bertz CT molecular complexity index is 625. The van der Waals surface area contributed by atoms with Gasteiger partial charge in [0.15, 0.2) is 0 Å². The lowest BCUT2D eigenvalue weighted by Crippen LogP contribution is -2.24. The minimum absolute atomic E-state index is 0.172. The first-order chi connectivity index (χ1) is 10.0. The fourth-order valence-electron chi connectivity index (χ4n) is 2.59. The third kappa shape index (κ3) is 3.84. The lowest BCUT2D eigenvalue weighted by Gasteiger charge is -2.21. The molecule has 2 aromatic rings. The number of hydrogen-bond donors (Lipinski definition) is 1. The number of likely N-dealkylation sites (N-methyl/N-ethyl adjacent to an activating group) is 1. The van der Waals surface area contributed by atoms with Crippen LogP contribution in [-0.2, 0) is 6.42 Å². The number of benzene rings is 2. The molecule has 21 heavy (non-hydrogen) atoms. The van der Waals surface area contributed by atoms with Crippen molar-refractivity contribution >= 4 is 11.6 Å². The van der Waals surface area contributed by atoms with Crippen LogP contribution in [-0.4, -0.2) is 6.54 Å². The van der Waals surface area contributed by atoms with Gasteiger partial charge in [0.05, 0.1) is 5.02 Å². The van der Waals surface area contributed by atoms with Gasteiger partial charge in [-0.25, -0.2) is 4.39 Å². The summed E-state index contributed by atoms with van der Waals surface area (Å²) in [6.07, 6.45) is 0.742. The zero-order valence-corrected chi connectivity index (χ0v) is 13.5. The maximum atomic E-state index is 13.6. The summed E-state index contributed by atoms with van der Waals surface area (Å²) in [6.45, 7) is 7.20. The molecule has 0 heterocycles. The Kier molecular flexibility index (Phi) is 5.38. The zero-order valence-electron chi connectivity index (χ0n) is 12.7. The van der Waals surface area contributed by atoms with E-state index in [9.17, 15) is 4.39 Å². The molecule has 0 aliphatic rings. The third-order valence-corrected chi connectivity index (χ3v) is 4.20. The number of nitrogens with one attached hydrogen (secondary N) is 1. The van der Waals surface area contributed by atoms with Crippen molar-refractivity contribution in [3.63, 3.8) is 0 Å². The molecule has 2 rings (SSSR count). The van der Waals surface area contributed by atoms with Crippen molar-refractivity contribution in [1.82, 2.24) is 5.32 Å². The molecular weight excluding hydrogens is 285 g/mol. The van der Waals surface area contributed by atoms with Crippen LogP contribution in [0.1, 0.15) is 35.2 Å². The fraction of sp³-hybridized carbons (Fsp3) is 0.333. The number of halogens is 2. The van der Waals surface area contributed by atoms with Crippen molar-refractivity contribution in [2.45, 2.75) is 33.2 Å². The van der Waals surface area contributed by atoms with E-state index in [1.165, 1.54) is 22.8 Å². The van der Waals surface area contributed by atoms with Gasteiger partial charge in [0.1, 0.15) is 5.82 Å². The summed E-state index contributed by atoms with van der Waals surface area (Å²) in [5.41, 5.74) is 4.78. The molecule has 0 radical (unpaired) electrons. The van der Waals surface area contributed by atoms with Gasteiger partial charge in [0, 0.05) is 6.04 Å². The van der Waals surface area contributed by atoms with Crippen LogP contribution in [0.4, 0.5) is 4.39 Å². The minimum atomic E-state index is -0.356. The lowest BCUT2D eigenvalue weighted by atomic mass is 9.93. The maximum absolute atomic E-state index is 13.6. The Morgan fingerprint density at radius 2 is 1.95 bits per heavy atom. The number of aryl methyl sites for hydroxylation is 1. The third-order valence-electron chi connectivity index (χ3n) is 3.90. The summed E-state index contributed by atoms with van der Waals surface area (Å²) in [5, 5.41) is 3.67. The largest absolute Gasteiger partial charge is 0.310 e. The van der Waals surface area contributed by atoms with Gasteiger partial charge >= 0.3 is 0 Å². The van der Waals surface area contributed by atoms with E-state index >= 15 is 0 Å². The molecule has 1 unspecified atom stereocenters. The molecule has 2 aromatic carbocycles. The topological polar surface area (TPSA) is 12.0 Å². The van der Waals surface area contributed by atoms with Crippen LogP contribution < -0.4 is 5.32 Å². The van der Waals surface area contributed by atoms with Crippen LogP contribution in [0.2, 0.25) is 5.02 Å². The van der Waals surface area contributed by atoms with Crippen LogP contribution in [0.5, 0.6) is 0 Å². The first-order valence-electron chi connectivity index (χ1n) is 7.26. The van der Waals surface area contributed by atoms with E-state index < -0.39 is 0 Å². The van der Waals surface area contributed by atoms with E-state index in [0.717, 1.165) is 18.5 Å². The van der Waals surface area contributed by atoms with Gasteiger partial charge in [0.2, 0.25) is 0 Å². The SMILES string of the molecule is CCNC(Cc1ccc(Cl)c(F)c1)c1cccc(C)c1C. The van der Waals surface area contributed by atoms with Crippen LogP contribution >= 0.6 is 11.6 Å². The molecule has 0 aliphatic heterocycles. The number of rotatable bonds is 5. The Balaban J connectivity index is 2.30. The first kappa shape index (κ1) is 16.0. The summed E-state index contributed by atoms with van der Waals surface area (Å²) < 4.78 is 13.6. The molecule has 1 nitrogen and oxygen atoms in total. The molecule has 0 spiro atoms. The lowest BCUT2D eigenvalue weighted by molar-refractivity contribution is 0.544. The second kappa shape index (κ2) is 7.06. The molecule has 0 amide bonds. The summed E-state index contributed by atoms with van der Waals surface area (Å²) in [6, 6.07) is 11.5. The Morgan fingerprint density at radius 3 is 2.62 bits per heavy atom. The maximum Gasteiger partial charge on any atom is 0.142 e. The van der Waals surface area contributed by atoms with Gasteiger partial charge in [-0.2, -0.15) is 0 Å². The molecule has 0 saturated carbocycles. The Morgan fingerprint density at radius 1 is 1.19 bits per heavy atom. The van der Waals surface area contributed by atoms with E-state index in [1.54, 1.807) is 6.07 Å². The fourth-order valence-corrected chi connectivity index (χ4v) is 2.71. The highest BCUT2D eigenvalue weighted by molar-refractivity contribution is 6.30. The van der Waals surface area contributed by atoms with Crippen LogP contribution in [0.25, 0.3) is 0 Å². The van der Waals surface area contributed by atoms with Gasteiger partial charge in [-0.3, -0.25) is 0 Å². The van der Waals surface area contributed by atoms with E-state index in [1.807, 2.05) is 6.07 Å². The zero-order chi connectivity index (χ0) is 15.4. The summed E-state index contributed by atoms with van der Waals surface area (Å²) in [4.78, 5) is 0. The Labute approximate surface area is 131 Å². The van der Waals surface area contributed by atoms with Crippen LogP contribution in [0.15, 0.2) is 36.4 Å². The molecule has 0 aliphatic carbocycles. The second-order valence-corrected chi connectivity index (χ2v) is 5.76. The van der Waals surface area contributed by atoms with Gasteiger partial charge in [-0.1, -0.05) is 42.8 Å². The molecule has 0 bridgehead atoms. The van der Waals surface area contributed by atoms with Crippen LogP contribution in [0.3, 0.4) is 0 Å². The smallest absolute Gasteiger partial charge is 0.142 e. The minimum Gasteiger partial charge on any atom is -0.310 e. The van der Waals surface area contributed by atoms with Gasteiger partial charge in [0.25, 0.3) is 0 Å². The highest BCUT2D eigenvalue weighted by Gasteiger charge is 2.15. The highest BCUT2D eigenvalue weighted by atomic mass is 35.5. The standard InChI is InChI=1S/C18H21ClFN/c1-4-21-18(15-7-5-6-12(2)13(15)3)11-14-8-9-16(19)17(20)10-14/h5-10,18,21H,4,11H2,1-3H3. The van der Waals surface area contributed by atoms with Crippen molar-refractivity contribution in [3.05, 3.63) is 69.5 Å². The van der Waals surface area contributed by atoms with Crippen molar-refractivity contribution in [3.8, 4) is 0 Å². The van der Waals surface area contributed by atoms with E-state index in [4.69, 9.17) is 11.6 Å². The van der Waals surface area contributed by atoms with Gasteiger partial charge in [-0.05, 0) is 61.2 Å². The van der Waals surface area contributed by atoms with Crippen molar-refractivity contribution in [1.29, 1.82) is 0 Å². The summed E-state index contributed by atoms with van der Waals surface area (Å²) in [5.74, 6) is -0.356. The molecule has 0 saturated heterocycles. The molecule has 1 N–H and O–H groups in total. The quantitative estimate of drug-likeness (QED) is 0.820. The monoisotopic (exact) mass is 305 g/mol. The van der Waals surface area contributed by atoms with Crippen LogP contribution in [0, 0.1) is 19.7 Å². The highest BCUT2D eigenvalue weighted by Crippen LogP contribution is 2.25. The van der Waals surface area contributed by atoms with E-state index in [2.05, 4.69) is 44.3 Å². The average molecular weight is 306 g/mol. The van der Waals surface area contributed by atoms with Crippen molar-refractivity contribution < 1.29 is 4.39 Å². The van der Waals surface area contributed by atoms with E-state index in [0.29, 0.717) is 0 Å².